The molecule has 3 heteroatoms. The molecule has 2 aliphatic rings. The predicted octanol–water partition coefficient (Wildman–Crippen LogP) is 5.43. The number of ether oxygens (including phenoxy) is 1. The zero-order valence-corrected chi connectivity index (χ0v) is 17.0. The standard InChI is InChI=1S/C22H30O2Si/c1-5-6-10-17-13-14-24-15-18-19(17)20(16-11-8-7-9-12-16)21(23)22(18)25(2,3)4/h7-9,11-12,20H,5-6,10,13-15H2,1-4H3/t20-/m1/s1. The number of fused-ring (bicyclic) bond motifs is 1. The monoisotopic (exact) mass is 354 g/mol. The van der Waals surface area contributed by atoms with Gasteiger partial charge in [-0.15, -0.1) is 0 Å². The van der Waals surface area contributed by atoms with E-state index in [2.05, 4.69) is 38.7 Å². The van der Waals surface area contributed by atoms with E-state index >= 15 is 0 Å². The van der Waals surface area contributed by atoms with Crippen molar-refractivity contribution in [1.82, 2.24) is 0 Å². The fraction of sp³-hybridized carbons (Fsp3) is 0.500. The van der Waals surface area contributed by atoms with Gasteiger partial charge in [-0.2, -0.15) is 0 Å². The molecule has 1 heterocycles. The van der Waals surface area contributed by atoms with E-state index in [-0.39, 0.29) is 5.92 Å². The largest absolute Gasteiger partial charge is 0.376 e. The van der Waals surface area contributed by atoms with Gasteiger partial charge in [-0.1, -0.05) is 68.9 Å². The third kappa shape index (κ3) is 3.58. The van der Waals surface area contributed by atoms with Crippen LogP contribution in [-0.2, 0) is 9.53 Å². The Kier molecular flexibility index (Phi) is 5.45. The highest BCUT2D eigenvalue weighted by Crippen LogP contribution is 2.47. The average Bonchev–Trinajstić information content (AvgIpc) is 2.73. The van der Waals surface area contributed by atoms with Crippen LogP contribution in [0.15, 0.2) is 52.2 Å². The maximum Gasteiger partial charge on any atom is 0.167 e. The van der Waals surface area contributed by atoms with E-state index in [0.29, 0.717) is 12.4 Å². The van der Waals surface area contributed by atoms with Gasteiger partial charge in [0.15, 0.2) is 5.78 Å². The van der Waals surface area contributed by atoms with Crippen molar-refractivity contribution in [2.24, 2.45) is 0 Å². The van der Waals surface area contributed by atoms with Crippen LogP contribution in [0, 0.1) is 0 Å². The highest BCUT2D eigenvalue weighted by molar-refractivity contribution is 6.88. The van der Waals surface area contributed by atoms with Crippen LogP contribution < -0.4 is 0 Å². The van der Waals surface area contributed by atoms with Crippen LogP contribution in [0.1, 0.15) is 44.1 Å². The Balaban J connectivity index is 2.20. The fourth-order valence-electron chi connectivity index (χ4n) is 4.24. The van der Waals surface area contributed by atoms with Gasteiger partial charge in [0.25, 0.3) is 0 Å². The van der Waals surface area contributed by atoms with Gasteiger partial charge in [-0.3, -0.25) is 4.79 Å². The molecule has 1 aromatic rings. The van der Waals surface area contributed by atoms with Crippen LogP contribution >= 0.6 is 0 Å². The maximum atomic E-state index is 13.5. The number of carbonyl (C=O) groups excluding carboxylic acids is 1. The van der Waals surface area contributed by atoms with Gasteiger partial charge < -0.3 is 4.74 Å². The van der Waals surface area contributed by atoms with Crippen LogP contribution in [0.25, 0.3) is 0 Å². The third-order valence-electron chi connectivity index (χ3n) is 5.31. The zero-order chi connectivity index (χ0) is 18.0. The summed E-state index contributed by atoms with van der Waals surface area (Å²) < 4.78 is 5.95. The van der Waals surface area contributed by atoms with E-state index < -0.39 is 8.07 Å². The van der Waals surface area contributed by atoms with Crippen molar-refractivity contribution in [1.29, 1.82) is 0 Å². The smallest absolute Gasteiger partial charge is 0.167 e. The molecule has 0 spiro atoms. The molecule has 1 aliphatic heterocycles. The molecule has 0 unspecified atom stereocenters. The van der Waals surface area contributed by atoms with Crippen molar-refractivity contribution in [2.45, 2.75) is 58.2 Å². The number of hydrogen-bond donors (Lipinski definition) is 0. The van der Waals surface area contributed by atoms with E-state index in [0.717, 1.165) is 30.2 Å². The second kappa shape index (κ2) is 7.43. The topological polar surface area (TPSA) is 26.3 Å². The number of ketones is 1. The first kappa shape index (κ1) is 18.3. The lowest BCUT2D eigenvalue weighted by atomic mass is 9.85. The molecule has 25 heavy (non-hydrogen) atoms. The van der Waals surface area contributed by atoms with Gasteiger partial charge in [0.2, 0.25) is 0 Å². The van der Waals surface area contributed by atoms with Gasteiger partial charge >= 0.3 is 0 Å². The predicted molar refractivity (Wildman–Crippen MR) is 107 cm³/mol. The normalized spacial score (nSPS) is 21.6. The second-order valence-electron chi connectivity index (χ2n) is 8.23. The quantitative estimate of drug-likeness (QED) is 0.659. The Morgan fingerprint density at radius 3 is 2.52 bits per heavy atom. The highest BCUT2D eigenvalue weighted by atomic mass is 28.3. The molecular formula is C22H30O2Si. The number of benzene rings is 1. The summed E-state index contributed by atoms with van der Waals surface area (Å²) in [5.41, 5.74) is 5.16. The maximum absolute atomic E-state index is 13.5. The van der Waals surface area contributed by atoms with E-state index in [1.165, 1.54) is 29.6 Å². The first-order valence-corrected chi connectivity index (χ1v) is 13.1. The summed E-state index contributed by atoms with van der Waals surface area (Å²) >= 11 is 0. The van der Waals surface area contributed by atoms with Gasteiger partial charge in [0.05, 0.1) is 27.2 Å². The number of carbonyl (C=O) groups is 1. The summed E-state index contributed by atoms with van der Waals surface area (Å²) in [6.45, 7) is 10.5. The molecule has 134 valence electrons. The van der Waals surface area contributed by atoms with Crippen LogP contribution in [0.2, 0.25) is 19.6 Å². The molecule has 0 N–H and O–H groups in total. The zero-order valence-electron chi connectivity index (χ0n) is 16.0. The molecule has 0 bridgehead atoms. The molecule has 2 nitrogen and oxygen atoms in total. The van der Waals surface area contributed by atoms with Crippen molar-refractivity contribution in [3.05, 3.63) is 57.8 Å². The lowest BCUT2D eigenvalue weighted by molar-refractivity contribution is -0.115. The Bertz CT molecular complexity index is 707. The van der Waals surface area contributed by atoms with Crippen molar-refractivity contribution in [3.63, 3.8) is 0 Å². The third-order valence-corrected chi connectivity index (χ3v) is 7.36. The molecular weight excluding hydrogens is 324 g/mol. The Hall–Kier alpha value is -1.45. The molecule has 0 saturated carbocycles. The summed E-state index contributed by atoms with van der Waals surface area (Å²) in [6, 6.07) is 10.4. The molecule has 0 amide bonds. The minimum Gasteiger partial charge on any atom is -0.376 e. The SMILES string of the molecule is CCCCC1=C2C(=C([Si](C)(C)C)C(=O)[C@@H]2c2ccccc2)COCC1. The molecule has 1 aliphatic carbocycles. The van der Waals surface area contributed by atoms with E-state index in [4.69, 9.17) is 4.74 Å². The van der Waals surface area contributed by atoms with Crippen molar-refractivity contribution in [2.75, 3.05) is 13.2 Å². The number of allylic oxidation sites excluding steroid dienone is 1. The number of unbranched alkanes of at least 4 members (excludes halogenated alkanes) is 1. The number of hydrogen-bond acceptors (Lipinski definition) is 2. The Morgan fingerprint density at radius 2 is 1.88 bits per heavy atom. The van der Waals surface area contributed by atoms with Crippen LogP contribution in [0.4, 0.5) is 0 Å². The van der Waals surface area contributed by atoms with E-state index in [1.807, 2.05) is 18.2 Å². The summed E-state index contributed by atoms with van der Waals surface area (Å²) in [5, 5.41) is 1.12. The molecule has 0 saturated heterocycles. The van der Waals surface area contributed by atoms with Crippen molar-refractivity contribution in [3.8, 4) is 0 Å². The molecule has 1 aromatic carbocycles. The van der Waals surface area contributed by atoms with Gasteiger partial charge in [-0.05, 0) is 41.2 Å². The summed E-state index contributed by atoms with van der Waals surface area (Å²) in [6.07, 6.45) is 4.42. The van der Waals surface area contributed by atoms with Gasteiger partial charge in [0.1, 0.15) is 0 Å². The lowest BCUT2D eigenvalue weighted by Crippen LogP contribution is -2.30. The van der Waals surface area contributed by atoms with Crippen molar-refractivity contribution < 1.29 is 9.53 Å². The van der Waals surface area contributed by atoms with Crippen LogP contribution in [0.3, 0.4) is 0 Å². The molecule has 0 radical (unpaired) electrons. The number of rotatable bonds is 5. The first-order chi connectivity index (χ1) is 11.9. The summed E-state index contributed by atoms with van der Waals surface area (Å²) in [4.78, 5) is 13.5. The van der Waals surface area contributed by atoms with Gasteiger partial charge in [-0.25, -0.2) is 0 Å². The average molecular weight is 355 g/mol. The van der Waals surface area contributed by atoms with Gasteiger partial charge in [0, 0.05) is 0 Å². The first-order valence-electron chi connectivity index (χ1n) is 9.58. The van der Waals surface area contributed by atoms with Crippen molar-refractivity contribution >= 4 is 13.9 Å². The van der Waals surface area contributed by atoms with E-state index in [1.54, 1.807) is 0 Å². The summed E-state index contributed by atoms with van der Waals surface area (Å²) in [7, 11) is -1.74. The molecule has 0 aromatic heterocycles. The van der Waals surface area contributed by atoms with E-state index in [9.17, 15) is 4.79 Å². The molecule has 3 rings (SSSR count). The Labute approximate surface area is 153 Å². The Morgan fingerprint density at radius 1 is 1.16 bits per heavy atom. The molecule has 1 atom stereocenters. The minimum absolute atomic E-state index is 0.105. The molecule has 0 fully saturated rings. The second-order valence-corrected chi connectivity index (χ2v) is 13.2. The summed E-state index contributed by atoms with van der Waals surface area (Å²) in [5.74, 6) is 0.237. The fourth-order valence-corrected chi connectivity index (χ4v) is 6.24. The minimum atomic E-state index is -1.74. The van der Waals surface area contributed by atoms with Crippen LogP contribution in [0.5, 0.6) is 0 Å². The highest BCUT2D eigenvalue weighted by Gasteiger charge is 2.44. The van der Waals surface area contributed by atoms with Crippen LogP contribution in [-0.4, -0.2) is 27.1 Å². The number of Topliss-reactive ketones (excluding diaryl/α,β-unsaturated/α-hetero) is 1. The lowest BCUT2D eigenvalue weighted by Gasteiger charge is -2.19.